The fraction of sp³-hybridized carbons (Fsp3) is 0. The van der Waals surface area contributed by atoms with Crippen molar-refractivity contribution < 1.29 is 4.92 Å². The normalized spacial score (nSPS) is 8.75. The number of allylic oxidation sites excluding steroid dienone is 2. The van der Waals surface area contributed by atoms with Gasteiger partial charge in [-0.3, -0.25) is 10.1 Å². The second-order valence-electron chi connectivity index (χ2n) is 3.25. The largest absolute Gasteiger partial charge is 0.344 e. The van der Waals surface area contributed by atoms with Gasteiger partial charge in [-0.1, -0.05) is 11.6 Å². The number of nitro benzene ring substituents is 1. The first-order valence-electron chi connectivity index (χ1n) is 4.79. The van der Waals surface area contributed by atoms with Crippen LogP contribution in [0.25, 0.3) is 0 Å². The first-order valence-corrected chi connectivity index (χ1v) is 5.96. The number of hydrogen-bond donors (Lipinski definition) is 1. The summed E-state index contributed by atoms with van der Waals surface area (Å²) in [7, 11) is 0. The lowest BCUT2D eigenvalue weighted by Crippen LogP contribution is -2.02. The highest BCUT2D eigenvalue weighted by Gasteiger charge is 2.17. The fourth-order valence-electron chi connectivity index (χ4n) is 1.19. The van der Waals surface area contributed by atoms with Crippen LogP contribution in [0, 0.1) is 44.1 Å². The minimum Gasteiger partial charge on any atom is -0.344 e. The number of halogens is 2. The van der Waals surface area contributed by atoms with Crippen LogP contribution in [0.15, 0.2) is 27.9 Å². The summed E-state index contributed by atoms with van der Waals surface area (Å²) in [4.78, 5) is 10.2. The Morgan fingerprint density at radius 1 is 1.30 bits per heavy atom. The molecular formula is C11H3BrClN5O2. The van der Waals surface area contributed by atoms with E-state index in [0.717, 1.165) is 6.07 Å². The van der Waals surface area contributed by atoms with Gasteiger partial charge in [0.2, 0.25) is 0 Å². The maximum Gasteiger partial charge on any atom is 0.285 e. The molecule has 1 N–H and O–H groups in total. The van der Waals surface area contributed by atoms with Gasteiger partial charge in [0, 0.05) is 6.07 Å². The molecule has 0 aromatic heterocycles. The Morgan fingerprint density at radius 3 is 2.35 bits per heavy atom. The minimum atomic E-state index is -0.642. The second-order valence-corrected chi connectivity index (χ2v) is 4.51. The van der Waals surface area contributed by atoms with E-state index in [-0.39, 0.29) is 26.6 Å². The van der Waals surface area contributed by atoms with E-state index in [1.54, 1.807) is 6.07 Å². The number of nitriles is 3. The van der Waals surface area contributed by atoms with Crippen molar-refractivity contribution in [2.24, 2.45) is 0 Å². The highest BCUT2D eigenvalue weighted by atomic mass is 79.9. The molecule has 1 aromatic carbocycles. The highest BCUT2D eigenvalue weighted by Crippen LogP contribution is 2.34. The Morgan fingerprint density at radius 2 is 1.90 bits per heavy atom. The number of hydrogen-bond acceptors (Lipinski definition) is 6. The Bertz CT molecular complexity index is 723. The van der Waals surface area contributed by atoms with Gasteiger partial charge in [0.05, 0.1) is 20.1 Å². The Labute approximate surface area is 126 Å². The molecule has 0 aliphatic carbocycles. The van der Waals surface area contributed by atoms with Gasteiger partial charge in [0.1, 0.15) is 23.9 Å². The molecule has 9 heteroatoms. The van der Waals surface area contributed by atoms with Gasteiger partial charge in [-0.05, 0) is 22.0 Å². The molecule has 20 heavy (non-hydrogen) atoms. The Kier molecular flexibility index (Phi) is 5.05. The van der Waals surface area contributed by atoms with E-state index >= 15 is 0 Å². The molecule has 0 saturated carbocycles. The summed E-state index contributed by atoms with van der Waals surface area (Å²) < 4.78 is 0.168. The van der Waals surface area contributed by atoms with E-state index in [4.69, 9.17) is 27.4 Å². The number of rotatable bonds is 3. The van der Waals surface area contributed by atoms with Crippen LogP contribution in [-0.2, 0) is 0 Å². The van der Waals surface area contributed by atoms with Crippen LogP contribution in [0.2, 0.25) is 5.02 Å². The van der Waals surface area contributed by atoms with Crippen molar-refractivity contribution in [2.45, 2.75) is 0 Å². The van der Waals surface area contributed by atoms with E-state index < -0.39 is 10.5 Å². The monoisotopic (exact) mass is 351 g/mol. The van der Waals surface area contributed by atoms with Crippen molar-refractivity contribution in [1.29, 1.82) is 15.8 Å². The van der Waals surface area contributed by atoms with Crippen LogP contribution >= 0.6 is 27.5 Å². The zero-order valence-corrected chi connectivity index (χ0v) is 11.9. The number of nitrogens with one attached hydrogen (secondary N) is 1. The molecule has 7 nitrogen and oxygen atoms in total. The lowest BCUT2D eigenvalue weighted by atomic mass is 10.2. The minimum absolute atomic E-state index is 0.0427. The van der Waals surface area contributed by atoms with Gasteiger partial charge >= 0.3 is 0 Å². The van der Waals surface area contributed by atoms with Crippen molar-refractivity contribution in [2.75, 3.05) is 5.32 Å². The van der Waals surface area contributed by atoms with Crippen LogP contribution in [0.1, 0.15) is 0 Å². The summed E-state index contributed by atoms with van der Waals surface area (Å²) in [5.41, 5.74) is -1.02. The van der Waals surface area contributed by atoms with E-state index in [2.05, 4.69) is 21.2 Å². The second kappa shape index (κ2) is 6.53. The molecule has 0 unspecified atom stereocenters. The summed E-state index contributed by atoms with van der Waals surface area (Å²) in [6.07, 6.45) is 0. The van der Waals surface area contributed by atoms with Gasteiger partial charge in [-0.25, -0.2) is 0 Å². The van der Waals surface area contributed by atoms with Crippen LogP contribution in [-0.4, -0.2) is 4.92 Å². The quantitative estimate of drug-likeness (QED) is 0.505. The van der Waals surface area contributed by atoms with Crippen molar-refractivity contribution in [3.63, 3.8) is 0 Å². The molecule has 0 amide bonds. The number of benzene rings is 1. The number of nitro groups is 1. The van der Waals surface area contributed by atoms with Gasteiger partial charge in [-0.15, -0.1) is 0 Å². The fourth-order valence-corrected chi connectivity index (χ4v) is 2.02. The first-order chi connectivity index (χ1) is 9.44. The molecule has 0 heterocycles. The van der Waals surface area contributed by atoms with E-state index in [1.807, 2.05) is 0 Å². The van der Waals surface area contributed by atoms with E-state index in [0.29, 0.717) is 0 Å². The van der Waals surface area contributed by atoms with E-state index in [1.165, 1.54) is 18.2 Å². The molecular weight excluding hydrogens is 350 g/mol. The lowest BCUT2D eigenvalue weighted by Gasteiger charge is -2.07. The average molecular weight is 353 g/mol. The molecule has 0 fully saturated rings. The van der Waals surface area contributed by atoms with Crippen LogP contribution in [0.3, 0.4) is 0 Å². The van der Waals surface area contributed by atoms with Crippen LogP contribution in [0.5, 0.6) is 0 Å². The Balaban J connectivity index is 3.37. The summed E-state index contributed by atoms with van der Waals surface area (Å²) in [6, 6.07) is 7.07. The van der Waals surface area contributed by atoms with E-state index in [9.17, 15) is 10.1 Å². The molecule has 0 radical (unpaired) electrons. The summed E-state index contributed by atoms with van der Waals surface area (Å²) in [5.74, 6) is 0. The van der Waals surface area contributed by atoms with Crippen molar-refractivity contribution >= 4 is 38.9 Å². The molecule has 0 atom stereocenters. The summed E-state index contributed by atoms with van der Waals surface area (Å²) in [5, 5.41) is 39.6. The SMILES string of the molecule is N#CC(C#N)=C(C#N)Nc1cc([N+](=O)[O-])c(Br)cc1Cl. The standard InChI is InChI=1S/C11H3BrClN5O2/c12-7-1-8(13)9(2-11(7)18(19)20)17-10(5-16)6(3-14)4-15/h1-2,17H. The topological polar surface area (TPSA) is 127 Å². The third kappa shape index (κ3) is 3.24. The molecule has 0 aliphatic rings. The van der Waals surface area contributed by atoms with Gasteiger partial charge in [0.15, 0.2) is 5.57 Å². The zero-order chi connectivity index (χ0) is 15.3. The average Bonchev–Trinajstić information content (AvgIpc) is 2.40. The van der Waals surface area contributed by atoms with Gasteiger partial charge < -0.3 is 5.32 Å². The van der Waals surface area contributed by atoms with Gasteiger partial charge in [-0.2, -0.15) is 15.8 Å². The molecule has 98 valence electrons. The van der Waals surface area contributed by atoms with Gasteiger partial charge in [0.25, 0.3) is 5.69 Å². The predicted octanol–water partition coefficient (Wildman–Crippen LogP) is 3.25. The summed E-state index contributed by atoms with van der Waals surface area (Å²) >= 11 is 8.87. The first kappa shape index (κ1) is 15.5. The molecule has 1 rings (SSSR count). The molecule has 0 aliphatic heterocycles. The smallest absolute Gasteiger partial charge is 0.285 e. The van der Waals surface area contributed by atoms with Crippen LogP contribution in [0.4, 0.5) is 11.4 Å². The maximum atomic E-state index is 10.8. The Hall–Kier alpha value is -2.60. The van der Waals surface area contributed by atoms with Crippen LogP contribution < -0.4 is 5.32 Å². The predicted molar refractivity (Wildman–Crippen MR) is 73.3 cm³/mol. The van der Waals surface area contributed by atoms with Crippen molar-refractivity contribution in [1.82, 2.24) is 0 Å². The van der Waals surface area contributed by atoms with Crippen molar-refractivity contribution in [3.05, 3.63) is 43.0 Å². The lowest BCUT2D eigenvalue weighted by molar-refractivity contribution is -0.385. The number of anilines is 1. The zero-order valence-electron chi connectivity index (χ0n) is 9.52. The molecule has 0 spiro atoms. The highest BCUT2D eigenvalue weighted by molar-refractivity contribution is 9.10. The maximum absolute atomic E-state index is 10.8. The number of nitrogens with zero attached hydrogens (tertiary/aromatic N) is 4. The summed E-state index contributed by atoms with van der Waals surface area (Å²) in [6.45, 7) is 0. The molecule has 0 bridgehead atoms. The third-order valence-corrected chi connectivity index (χ3v) is 3.03. The molecule has 1 aromatic rings. The van der Waals surface area contributed by atoms with Crippen molar-refractivity contribution in [3.8, 4) is 18.2 Å². The molecule has 0 saturated heterocycles. The third-order valence-electron chi connectivity index (χ3n) is 2.08.